The third-order valence-electron chi connectivity index (χ3n) is 5.26. The molecule has 1 amide bonds. The Kier molecular flexibility index (Phi) is 4.89. The van der Waals surface area contributed by atoms with Crippen LogP contribution in [0.2, 0.25) is 0 Å². The topological polar surface area (TPSA) is 89.5 Å². The highest BCUT2D eigenvalue weighted by molar-refractivity contribution is 7.17. The van der Waals surface area contributed by atoms with Gasteiger partial charge in [-0.05, 0) is 36.8 Å². The van der Waals surface area contributed by atoms with E-state index in [9.17, 15) is 4.79 Å². The minimum absolute atomic E-state index is 0. The maximum atomic E-state index is 12.3. The first-order valence-electron chi connectivity index (χ1n) is 9.78. The lowest BCUT2D eigenvalue weighted by molar-refractivity contribution is 0.114. The molecule has 0 aromatic carbocycles. The average Bonchev–Trinajstić information content (AvgIpc) is 3.35. The standard InChI is InChI=1S/C20H21N5O3S.H2/c26-20(24-13-4-5-17(21-10-13)27-14-2-1-3-14)28-15-6-8-25(11-15)19-18-16(7-9-29-18)22-12-23-19;/h4-5,7,9-10,12,14-15H,1-3,6,8,11H2,(H,24,26);1H. The van der Waals surface area contributed by atoms with Crippen LogP contribution in [-0.2, 0) is 4.74 Å². The summed E-state index contributed by atoms with van der Waals surface area (Å²) in [4.78, 5) is 27.4. The molecule has 4 heterocycles. The van der Waals surface area contributed by atoms with Crippen molar-refractivity contribution in [1.29, 1.82) is 0 Å². The number of thiophene rings is 1. The number of nitrogens with zero attached hydrogens (tertiary/aromatic N) is 4. The van der Waals surface area contributed by atoms with E-state index in [0.29, 0.717) is 18.1 Å². The smallest absolute Gasteiger partial charge is 0.412 e. The van der Waals surface area contributed by atoms with Gasteiger partial charge in [0.2, 0.25) is 5.88 Å². The number of nitrogens with one attached hydrogen (secondary N) is 1. The van der Waals surface area contributed by atoms with E-state index in [1.54, 1.807) is 36.0 Å². The molecule has 3 aromatic heterocycles. The van der Waals surface area contributed by atoms with Gasteiger partial charge in [-0.3, -0.25) is 5.32 Å². The summed E-state index contributed by atoms with van der Waals surface area (Å²) >= 11 is 1.62. The summed E-state index contributed by atoms with van der Waals surface area (Å²) in [6.45, 7) is 1.40. The number of pyridine rings is 1. The molecule has 5 rings (SSSR count). The molecular formula is C20H23N5O3S. The fourth-order valence-corrected chi connectivity index (χ4v) is 4.36. The molecule has 2 aliphatic rings. The number of ether oxygens (including phenoxy) is 2. The van der Waals surface area contributed by atoms with Crippen molar-refractivity contribution in [3.05, 3.63) is 36.1 Å². The number of hydrogen-bond acceptors (Lipinski definition) is 8. The first kappa shape index (κ1) is 18.1. The van der Waals surface area contributed by atoms with Gasteiger partial charge >= 0.3 is 6.09 Å². The van der Waals surface area contributed by atoms with Gasteiger partial charge in [0.15, 0.2) is 0 Å². The zero-order valence-electron chi connectivity index (χ0n) is 15.8. The van der Waals surface area contributed by atoms with Gasteiger partial charge in [-0.2, -0.15) is 0 Å². The molecule has 0 radical (unpaired) electrons. The zero-order valence-corrected chi connectivity index (χ0v) is 16.6. The Morgan fingerprint density at radius 2 is 2.10 bits per heavy atom. The van der Waals surface area contributed by atoms with Crippen LogP contribution < -0.4 is 15.0 Å². The Labute approximate surface area is 173 Å². The van der Waals surface area contributed by atoms with Crippen molar-refractivity contribution in [2.75, 3.05) is 23.3 Å². The van der Waals surface area contributed by atoms with E-state index < -0.39 is 6.09 Å². The largest absolute Gasteiger partial charge is 0.474 e. The number of hydrogen-bond donors (Lipinski definition) is 1. The van der Waals surface area contributed by atoms with Gasteiger partial charge in [0.1, 0.15) is 24.4 Å². The summed E-state index contributed by atoms with van der Waals surface area (Å²) in [5.74, 6) is 1.49. The molecule has 1 N–H and O–H groups in total. The highest BCUT2D eigenvalue weighted by Gasteiger charge is 2.28. The minimum Gasteiger partial charge on any atom is -0.474 e. The van der Waals surface area contributed by atoms with Crippen LogP contribution in [0.1, 0.15) is 27.1 Å². The van der Waals surface area contributed by atoms with Crippen LogP contribution in [-0.4, -0.2) is 46.3 Å². The van der Waals surface area contributed by atoms with E-state index in [4.69, 9.17) is 9.47 Å². The molecular weight excluding hydrogens is 390 g/mol. The molecule has 1 atom stereocenters. The van der Waals surface area contributed by atoms with E-state index in [1.165, 1.54) is 6.42 Å². The van der Waals surface area contributed by atoms with Crippen molar-refractivity contribution in [3.8, 4) is 5.88 Å². The highest BCUT2D eigenvalue weighted by Crippen LogP contribution is 2.30. The Bertz CT molecular complexity index is 1010. The van der Waals surface area contributed by atoms with Crippen molar-refractivity contribution >= 4 is 39.2 Å². The fraction of sp³-hybridized carbons (Fsp3) is 0.400. The summed E-state index contributed by atoms with van der Waals surface area (Å²) in [7, 11) is 0. The molecule has 1 aliphatic heterocycles. The predicted octanol–water partition coefficient (Wildman–Crippen LogP) is 4.09. The SMILES string of the molecule is O=C(Nc1ccc(OC2CCC2)nc1)OC1CCN(c2ncnc3ccsc23)C1.[HH]. The van der Waals surface area contributed by atoms with Crippen molar-refractivity contribution in [3.63, 3.8) is 0 Å². The van der Waals surface area contributed by atoms with Crippen LogP contribution >= 0.6 is 11.3 Å². The third kappa shape index (κ3) is 3.95. The van der Waals surface area contributed by atoms with E-state index in [-0.39, 0.29) is 13.6 Å². The Morgan fingerprint density at radius 1 is 1.17 bits per heavy atom. The maximum absolute atomic E-state index is 12.3. The normalized spacial score (nSPS) is 19.2. The molecule has 1 saturated heterocycles. The lowest BCUT2D eigenvalue weighted by Crippen LogP contribution is -2.27. The van der Waals surface area contributed by atoms with Crippen LogP contribution in [0, 0.1) is 0 Å². The Hall–Kier alpha value is -2.94. The van der Waals surface area contributed by atoms with Gasteiger partial charge in [0.25, 0.3) is 0 Å². The van der Waals surface area contributed by atoms with Crippen molar-refractivity contribution < 1.29 is 15.7 Å². The number of aromatic nitrogens is 3. The summed E-state index contributed by atoms with van der Waals surface area (Å²) in [6, 6.07) is 5.53. The van der Waals surface area contributed by atoms with Gasteiger partial charge < -0.3 is 14.4 Å². The van der Waals surface area contributed by atoms with Gasteiger partial charge in [0, 0.05) is 20.5 Å². The van der Waals surface area contributed by atoms with Crippen molar-refractivity contribution in [2.24, 2.45) is 0 Å². The first-order valence-corrected chi connectivity index (χ1v) is 10.7. The van der Waals surface area contributed by atoms with E-state index in [1.807, 2.05) is 11.4 Å². The Morgan fingerprint density at radius 3 is 2.90 bits per heavy atom. The van der Waals surface area contributed by atoms with Gasteiger partial charge in [-0.15, -0.1) is 11.3 Å². The van der Waals surface area contributed by atoms with Crippen LogP contribution in [0.15, 0.2) is 36.1 Å². The van der Waals surface area contributed by atoms with E-state index >= 15 is 0 Å². The molecule has 9 heteroatoms. The summed E-state index contributed by atoms with van der Waals surface area (Å²) in [5.41, 5.74) is 1.53. The minimum atomic E-state index is -0.477. The summed E-state index contributed by atoms with van der Waals surface area (Å²) in [6.07, 6.45) is 6.92. The summed E-state index contributed by atoms with van der Waals surface area (Å²) in [5, 5.41) is 4.75. The third-order valence-corrected chi connectivity index (χ3v) is 6.16. The van der Waals surface area contributed by atoms with Crippen LogP contribution in [0.3, 0.4) is 0 Å². The molecule has 3 aromatic rings. The number of carbonyl (C=O) groups excluding carboxylic acids is 1. The van der Waals surface area contributed by atoms with Gasteiger partial charge in [-0.25, -0.2) is 19.7 Å². The van der Waals surface area contributed by atoms with Crippen LogP contribution in [0.25, 0.3) is 10.2 Å². The second-order valence-corrected chi connectivity index (χ2v) is 8.19. The monoisotopic (exact) mass is 413 g/mol. The molecule has 29 heavy (non-hydrogen) atoms. The Balaban J connectivity index is 0.00000218. The van der Waals surface area contributed by atoms with Crippen LogP contribution in [0.4, 0.5) is 16.3 Å². The molecule has 0 spiro atoms. The quantitative estimate of drug-likeness (QED) is 0.674. The molecule has 1 aliphatic carbocycles. The highest BCUT2D eigenvalue weighted by atomic mass is 32.1. The van der Waals surface area contributed by atoms with Gasteiger partial charge in [0.05, 0.1) is 28.6 Å². The lowest BCUT2D eigenvalue weighted by atomic mass is 9.96. The number of fused-ring (bicyclic) bond motifs is 1. The second-order valence-electron chi connectivity index (χ2n) is 7.28. The molecule has 8 nitrogen and oxygen atoms in total. The van der Waals surface area contributed by atoms with Crippen molar-refractivity contribution in [1.82, 2.24) is 15.0 Å². The van der Waals surface area contributed by atoms with Crippen LogP contribution in [0.5, 0.6) is 5.88 Å². The lowest BCUT2D eigenvalue weighted by Gasteiger charge is -2.25. The molecule has 1 saturated carbocycles. The molecule has 2 fully saturated rings. The average molecular weight is 414 g/mol. The molecule has 0 bridgehead atoms. The maximum Gasteiger partial charge on any atom is 0.412 e. The van der Waals surface area contributed by atoms with Gasteiger partial charge in [-0.1, -0.05) is 0 Å². The number of amides is 1. The predicted molar refractivity (Wildman–Crippen MR) is 113 cm³/mol. The zero-order chi connectivity index (χ0) is 19.6. The molecule has 152 valence electrons. The van der Waals surface area contributed by atoms with Crippen molar-refractivity contribution in [2.45, 2.75) is 37.9 Å². The summed E-state index contributed by atoms with van der Waals surface area (Å²) < 4.78 is 12.4. The second kappa shape index (κ2) is 7.82. The van der Waals surface area contributed by atoms with E-state index in [2.05, 4.69) is 25.2 Å². The first-order chi connectivity index (χ1) is 14.2. The number of carbonyl (C=O) groups is 1. The molecule has 1 unspecified atom stereocenters. The fourth-order valence-electron chi connectivity index (χ4n) is 3.50. The number of anilines is 2. The number of rotatable bonds is 5. The van der Waals surface area contributed by atoms with E-state index in [0.717, 1.165) is 41.8 Å².